The second kappa shape index (κ2) is 45.3. The number of carbonyl (C=O) groups excluding carboxylic acids is 2. The van der Waals surface area contributed by atoms with Crippen LogP contribution in [0.1, 0.15) is 232 Å². The lowest BCUT2D eigenvalue weighted by Crippen LogP contribution is -2.43. The van der Waals surface area contributed by atoms with Crippen molar-refractivity contribution in [3.8, 4) is 0 Å². The third kappa shape index (κ3) is 44.3. The minimum Gasteiger partial charge on any atom is -0.480 e. The third-order valence-corrected chi connectivity index (χ3v) is 11.9. The Morgan fingerprint density at radius 1 is 0.532 bits per heavy atom. The van der Waals surface area contributed by atoms with E-state index in [0.29, 0.717) is 12.8 Å². The minimum absolute atomic E-state index is 0.135. The molecule has 0 rings (SSSR count). The molecule has 0 radical (unpaired) electrons. The molecule has 0 aliphatic carbocycles. The summed E-state index contributed by atoms with van der Waals surface area (Å²) in [6, 6.07) is -1.55. The Kier molecular flexibility index (Phi) is 43.6. The highest BCUT2D eigenvalue weighted by molar-refractivity contribution is 7.47. The number of hydrogen-bond acceptors (Lipinski definition) is 8. The molecule has 0 aromatic heterocycles. The zero-order valence-electron chi connectivity index (χ0n) is 39.4. The molecule has 0 aromatic carbocycles. The molecule has 0 aliphatic rings. The largest absolute Gasteiger partial charge is 0.480 e. The molecule has 11 nitrogen and oxygen atoms in total. The predicted molar refractivity (Wildman–Crippen MR) is 254 cm³/mol. The summed E-state index contributed by atoms with van der Waals surface area (Å²) in [5.74, 6) is -2.38. The zero-order chi connectivity index (χ0) is 45.6. The highest BCUT2D eigenvalue weighted by Gasteiger charge is 2.28. The van der Waals surface area contributed by atoms with E-state index in [1.54, 1.807) is 0 Å². The maximum Gasteiger partial charge on any atom is 0.472 e. The molecule has 0 spiro atoms. The van der Waals surface area contributed by atoms with Gasteiger partial charge in [-0.3, -0.25) is 18.6 Å². The van der Waals surface area contributed by atoms with E-state index in [2.05, 4.69) is 55.6 Å². The van der Waals surface area contributed by atoms with Crippen molar-refractivity contribution in [1.29, 1.82) is 0 Å². The number of carbonyl (C=O) groups is 3. The van der Waals surface area contributed by atoms with Crippen LogP contribution in [0.3, 0.4) is 0 Å². The molecule has 0 saturated carbocycles. The number of aliphatic carboxylic acids is 1. The fourth-order valence-corrected chi connectivity index (χ4v) is 7.87. The van der Waals surface area contributed by atoms with Gasteiger partial charge in [0.25, 0.3) is 0 Å². The summed E-state index contributed by atoms with van der Waals surface area (Å²) in [7, 11) is -4.76. The SMILES string of the molecule is CC/C=C\C/C=C\C/C=C\CCCCCCCCCC(=O)NC(COP(=O)(O)OCC(O)COC(=O)CCCCCCCCCCCCCCCCCCCCCCC)C(=O)O. The number of aliphatic hydroxyl groups excluding tert-OH is 1. The molecule has 3 unspecified atom stereocenters. The predicted octanol–water partition coefficient (Wildman–Crippen LogP) is 13.6. The lowest BCUT2D eigenvalue weighted by molar-refractivity contribution is -0.147. The van der Waals surface area contributed by atoms with Crippen molar-refractivity contribution >= 4 is 25.7 Å². The van der Waals surface area contributed by atoms with E-state index >= 15 is 0 Å². The molecule has 62 heavy (non-hydrogen) atoms. The van der Waals surface area contributed by atoms with E-state index in [0.717, 1.165) is 83.5 Å². The van der Waals surface area contributed by atoms with Gasteiger partial charge in [0.1, 0.15) is 12.7 Å². The highest BCUT2D eigenvalue weighted by atomic mass is 31.2. The van der Waals surface area contributed by atoms with Crippen LogP contribution in [0.5, 0.6) is 0 Å². The number of carboxylic acid groups (broad SMARTS) is 1. The standard InChI is InChI=1S/C50H92NO10P/c1-3-5-7-9-11-13-15-17-19-21-22-23-24-26-28-30-32-34-36-38-40-42-49(54)59-43-46(52)44-60-62(57,58)61-45-47(50(55)56)51-48(53)41-39-37-35-33-31-29-27-25-20-18-16-14-12-10-8-6-4-2/h6,8,12,14,18,20,46-47,52H,3-5,7,9-11,13,15-17,19,21-45H2,1-2H3,(H,51,53)(H,55,56)(H,57,58)/b8-6-,14-12-,20-18-. The molecule has 362 valence electrons. The quantitative estimate of drug-likeness (QED) is 0.0200. The first-order chi connectivity index (χ1) is 30.1. The summed E-state index contributed by atoms with van der Waals surface area (Å²) in [5.41, 5.74) is 0. The average molecular weight is 898 g/mol. The van der Waals surface area contributed by atoms with Crippen LogP contribution in [0.25, 0.3) is 0 Å². The zero-order valence-corrected chi connectivity index (χ0v) is 40.3. The molecule has 4 N–H and O–H groups in total. The number of hydrogen-bond donors (Lipinski definition) is 4. The number of carboxylic acids is 1. The molecule has 0 fully saturated rings. The fraction of sp³-hybridized carbons (Fsp3) is 0.820. The monoisotopic (exact) mass is 898 g/mol. The molecular formula is C50H92NO10P. The van der Waals surface area contributed by atoms with Gasteiger partial charge in [-0.2, -0.15) is 0 Å². The van der Waals surface area contributed by atoms with Crippen LogP contribution in [-0.2, 0) is 32.7 Å². The number of rotatable bonds is 47. The van der Waals surface area contributed by atoms with Crippen molar-refractivity contribution in [3.05, 3.63) is 36.5 Å². The lowest BCUT2D eigenvalue weighted by atomic mass is 10.0. The summed E-state index contributed by atoms with van der Waals surface area (Å²) < 4.78 is 26.9. The molecule has 3 atom stereocenters. The van der Waals surface area contributed by atoms with E-state index in [1.807, 2.05) is 0 Å². The van der Waals surface area contributed by atoms with Crippen molar-refractivity contribution in [1.82, 2.24) is 5.32 Å². The third-order valence-electron chi connectivity index (χ3n) is 10.9. The second-order valence-corrected chi connectivity index (χ2v) is 18.4. The first kappa shape index (κ1) is 59.7. The highest BCUT2D eigenvalue weighted by Crippen LogP contribution is 2.43. The second-order valence-electron chi connectivity index (χ2n) is 17.0. The van der Waals surface area contributed by atoms with Crippen molar-refractivity contribution in [3.63, 3.8) is 0 Å². The van der Waals surface area contributed by atoms with Crippen molar-refractivity contribution in [2.24, 2.45) is 0 Å². The number of esters is 1. The van der Waals surface area contributed by atoms with E-state index in [1.165, 1.54) is 109 Å². The van der Waals surface area contributed by atoms with Gasteiger partial charge in [0.15, 0.2) is 6.04 Å². The van der Waals surface area contributed by atoms with Crippen LogP contribution in [0.15, 0.2) is 36.5 Å². The Labute approximate surface area is 378 Å². The first-order valence-corrected chi connectivity index (χ1v) is 26.5. The Hall–Kier alpha value is -2.30. The van der Waals surface area contributed by atoms with Crippen LogP contribution >= 0.6 is 7.82 Å². The number of unbranched alkanes of at least 4 members (excludes halogenated alkanes) is 27. The van der Waals surface area contributed by atoms with Crippen molar-refractivity contribution < 1.29 is 47.8 Å². The Morgan fingerprint density at radius 2 is 0.935 bits per heavy atom. The van der Waals surface area contributed by atoms with Gasteiger partial charge in [0, 0.05) is 12.8 Å². The summed E-state index contributed by atoms with van der Waals surface area (Å²) >= 11 is 0. The molecule has 0 bridgehead atoms. The van der Waals surface area contributed by atoms with Gasteiger partial charge in [-0.25, -0.2) is 9.36 Å². The van der Waals surface area contributed by atoms with Crippen LogP contribution in [-0.4, -0.2) is 64.9 Å². The molecule has 0 aliphatic heterocycles. The summed E-state index contributed by atoms with van der Waals surface area (Å²) in [6.07, 6.45) is 50.3. The molecular weight excluding hydrogens is 806 g/mol. The van der Waals surface area contributed by atoms with Gasteiger partial charge in [-0.1, -0.05) is 211 Å². The van der Waals surface area contributed by atoms with Crippen LogP contribution in [0.2, 0.25) is 0 Å². The first-order valence-electron chi connectivity index (χ1n) is 25.0. The van der Waals surface area contributed by atoms with Gasteiger partial charge >= 0.3 is 19.8 Å². The van der Waals surface area contributed by atoms with Crippen LogP contribution in [0, 0.1) is 0 Å². The Morgan fingerprint density at radius 3 is 1.40 bits per heavy atom. The van der Waals surface area contributed by atoms with Gasteiger partial charge in [0.05, 0.1) is 13.2 Å². The summed E-state index contributed by atoms with van der Waals surface area (Å²) in [5, 5.41) is 21.9. The van der Waals surface area contributed by atoms with Crippen LogP contribution in [0.4, 0.5) is 0 Å². The number of ether oxygens (including phenoxy) is 1. The smallest absolute Gasteiger partial charge is 0.472 e. The average Bonchev–Trinajstić information content (AvgIpc) is 3.25. The fourth-order valence-electron chi connectivity index (χ4n) is 7.10. The number of aliphatic hydroxyl groups is 1. The van der Waals surface area contributed by atoms with Crippen molar-refractivity contribution in [2.45, 2.75) is 244 Å². The molecule has 0 heterocycles. The van der Waals surface area contributed by atoms with E-state index in [4.69, 9.17) is 13.8 Å². The van der Waals surface area contributed by atoms with Gasteiger partial charge in [-0.15, -0.1) is 0 Å². The number of allylic oxidation sites excluding steroid dienone is 6. The van der Waals surface area contributed by atoms with E-state index in [-0.39, 0.29) is 12.8 Å². The van der Waals surface area contributed by atoms with E-state index < -0.39 is 57.6 Å². The van der Waals surface area contributed by atoms with Gasteiger partial charge in [0.2, 0.25) is 5.91 Å². The number of amides is 1. The number of phosphoric ester groups is 1. The molecule has 12 heteroatoms. The van der Waals surface area contributed by atoms with Gasteiger partial charge in [-0.05, 0) is 44.9 Å². The Bertz CT molecular complexity index is 1190. The molecule has 0 aromatic rings. The molecule has 0 saturated heterocycles. The van der Waals surface area contributed by atoms with Crippen LogP contribution < -0.4 is 5.32 Å². The molecule has 1 amide bonds. The minimum atomic E-state index is -4.76. The van der Waals surface area contributed by atoms with E-state index in [9.17, 15) is 34.1 Å². The Balaban J connectivity index is 3.81. The normalized spacial score (nSPS) is 13.9. The number of phosphoric acid groups is 1. The topological polar surface area (TPSA) is 169 Å². The number of nitrogens with one attached hydrogen (secondary N) is 1. The summed E-state index contributed by atoms with van der Waals surface area (Å²) in [6.45, 7) is 2.51. The summed E-state index contributed by atoms with van der Waals surface area (Å²) in [4.78, 5) is 46.1. The maximum absolute atomic E-state index is 12.3. The van der Waals surface area contributed by atoms with Crippen molar-refractivity contribution in [2.75, 3.05) is 19.8 Å². The lowest BCUT2D eigenvalue weighted by Gasteiger charge is -2.18. The maximum atomic E-state index is 12.3. The van der Waals surface area contributed by atoms with Gasteiger partial charge < -0.3 is 25.2 Å².